The van der Waals surface area contributed by atoms with Crippen molar-refractivity contribution < 1.29 is 19.2 Å². The molecule has 1 heterocycles. The van der Waals surface area contributed by atoms with Crippen LogP contribution in [0.25, 0.3) is 0 Å². The Kier molecular flexibility index (Phi) is 4.82. The summed E-state index contributed by atoms with van der Waals surface area (Å²) in [7, 11) is 1.21. The molecule has 0 spiro atoms. The van der Waals surface area contributed by atoms with Crippen molar-refractivity contribution in [2.75, 3.05) is 7.11 Å². The van der Waals surface area contributed by atoms with E-state index in [1.807, 2.05) is 12.1 Å². The zero-order valence-electron chi connectivity index (χ0n) is 13.8. The molecular formula is C15H18N4O5. The molecule has 24 heavy (non-hydrogen) atoms. The van der Waals surface area contributed by atoms with Gasteiger partial charge in [0.2, 0.25) is 0 Å². The standard InChI is InChI=1S/C15H18N4O5/c1-15(2,3)10-5-7-11(8-6-10)24-14-16-13(19(21)22)17-18(14)9-12(20)23-4/h5-8H,9H2,1-4H3. The third kappa shape index (κ3) is 4.06. The second-order valence-electron chi connectivity index (χ2n) is 6.06. The van der Waals surface area contributed by atoms with Crippen LogP contribution in [0.1, 0.15) is 26.3 Å². The van der Waals surface area contributed by atoms with E-state index in [1.54, 1.807) is 12.1 Å². The Morgan fingerprint density at radius 3 is 2.42 bits per heavy atom. The van der Waals surface area contributed by atoms with Crippen LogP contribution >= 0.6 is 0 Å². The van der Waals surface area contributed by atoms with Crippen LogP contribution in [0.3, 0.4) is 0 Å². The number of hydrogen-bond donors (Lipinski definition) is 0. The minimum atomic E-state index is -0.761. The van der Waals surface area contributed by atoms with E-state index < -0.39 is 16.8 Å². The maximum Gasteiger partial charge on any atom is 0.494 e. The van der Waals surface area contributed by atoms with Gasteiger partial charge in [-0.2, -0.15) is 0 Å². The molecule has 0 aliphatic heterocycles. The lowest BCUT2D eigenvalue weighted by atomic mass is 9.87. The summed E-state index contributed by atoms with van der Waals surface area (Å²) in [5.41, 5.74) is 1.10. The number of methoxy groups -OCH3 is 1. The first kappa shape index (κ1) is 17.4. The molecule has 1 aromatic carbocycles. The lowest BCUT2D eigenvalue weighted by Crippen LogP contribution is -2.14. The van der Waals surface area contributed by atoms with Crippen molar-refractivity contribution in [1.82, 2.24) is 14.8 Å². The van der Waals surface area contributed by atoms with Gasteiger partial charge in [0.1, 0.15) is 5.75 Å². The lowest BCUT2D eigenvalue weighted by Gasteiger charge is -2.18. The third-order valence-electron chi connectivity index (χ3n) is 3.23. The van der Waals surface area contributed by atoms with Gasteiger partial charge < -0.3 is 19.6 Å². The minimum Gasteiger partial charge on any atom is -0.468 e. The normalized spacial score (nSPS) is 11.2. The summed E-state index contributed by atoms with van der Waals surface area (Å²) in [6.07, 6.45) is 0. The van der Waals surface area contributed by atoms with Crippen molar-refractivity contribution >= 4 is 11.9 Å². The van der Waals surface area contributed by atoms with Gasteiger partial charge in [-0.15, -0.1) is 4.68 Å². The van der Waals surface area contributed by atoms with Crippen molar-refractivity contribution in [2.45, 2.75) is 32.7 Å². The molecule has 0 bridgehead atoms. The number of rotatable bonds is 5. The van der Waals surface area contributed by atoms with Crippen molar-refractivity contribution in [3.63, 3.8) is 0 Å². The predicted octanol–water partition coefficient (Wildman–Crippen LogP) is 2.45. The molecule has 2 rings (SSSR count). The number of benzene rings is 1. The number of esters is 1. The fourth-order valence-corrected chi connectivity index (χ4v) is 1.89. The average molecular weight is 334 g/mol. The van der Waals surface area contributed by atoms with Gasteiger partial charge in [0.25, 0.3) is 0 Å². The molecule has 2 aromatic rings. The Morgan fingerprint density at radius 2 is 1.92 bits per heavy atom. The predicted molar refractivity (Wildman–Crippen MR) is 83.9 cm³/mol. The molecule has 9 nitrogen and oxygen atoms in total. The Hall–Kier alpha value is -2.97. The van der Waals surface area contributed by atoms with Crippen molar-refractivity contribution in [2.24, 2.45) is 0 Å². The monoisotopic (exact) mass is 334 g/mol. The summed E-state index contributed by atoms with van der Waals surface area (Å²) >= 11 is 0. The minimum absolute atomic E-state index is 0.0117. The molecule has 0 amide bonds. The maximum absolute atomic E-state index is 11.4. The van der Waals surface area contributed by atoms with E-state index in [0.717, 1.165) is 10.2 Å². The molecule has 9 heteroatoms. The van der Waals surface area contributed by atoms with Gasteiger partial charge in [-0.1, -0.05) is 32.9 Å². The second kappa shape index (κ2) is 6.65. The smallest absolute Gasteiger partial charge is 0.468 e. The molecular weight excluding hydrogens is 316 g/mol. The topological polar surface area (TPSA) is 109 Å². The highest BCUT2D eigenvalue weighted by atomic mass is 16.6. The molecule has 0 atom stereocenters. The van der Waals surface area contributed by atoms with Crippen LogP contribution in [0.4, 0.5) is 5.95 Å². The Balaban J connectivity index is 2.27. The summed E-state index contributed by atoms with van der Waals surface area (Å²) in [5.74, 6) is -0.848. The van der Waals surface area contributed by atoms with Crippen LogP contribution < -0.4 is 4.74 Å². The summed E-state index contributed by atoms with van der Waals surface area (Å²) < 4.78 is 11.0. The molecule has 0 aliphatic rings. The van der Waals surface area contributed by atoms with Crippen LogP contribution in [-0.2, 0) is 21.5 Å². The average Bonchev–Trinajstić information content (AvgIpc) is 2.90. The molecule has 0 aliphatic carbocycles. The van der Waals surface area contributed by atoms with Gasteiger partial charge in [0.05, 0.1) is 7.11 Å². The molecule has 1 aromatic heterocycles. The number of carbonyl (C=O) groups is 1. The van der Waals surface area contributed by atoms with Crippen molar-refractivity contribution in [1.29, 1.82) is 0 Å². The van der Waals surface area contributed by atoms with Crippen LogP contribution in [0, 0.1) is 10.1 Å². The second-order valence-corrected chi connectivity index (χ2v) is 6.06. The molecule has 0 saturated carbocycles. The van der Waals surface area contributed by atoms with Crippen LogP contribution in [0.15, 0.2) is 24.3 Å². The van der Waals surface area contributed by atoms with E-state index in [0.29, 0.717) is 5.75 Å². The zero-order valence-corrected chi connectivity index (χ0v) is 13.8. The summed E-state index contributed by atoms with van der Waals surface area (Å²) in [5, 5.41) is 14.5. The third-order valence-corrected chi connectivity index (χ3v) is 3.23. The highest BCUT2D eigenvalue weighted by molar-refractivity contribution is 5.69. The molecule has 0 fully saturated rings. The molecule has 0 N–H and O–H groups in total. The first-order valence-corrected chi connectivity index (χ1v) is 7.15. The molecule has 0 saturated heterocycles. The number of hydrogen-bond acceptors (Lipinski definition) is 7. The summed E-state index contributed by atoms with van der Waals surface area (Å²) in [6.45, 7) is 5.91. The van der Waals surface area contributed by atoms with Gasteiger partial charge in [-0.25, -0.2) is 0 Å². The lowest BCUT2D eigenvalue weighted by molar-refractivity contribution is -0.394. The summed E-state index contributed by atoms with van der Waals surface area (Å²) in [4.78, 5) is 25.1. The maximum atomic E-state index is 11.4. The van der Waals surface area contributed by atoms with Gasteiger partial charge in [-0.3, -0.25) is 4.79 Å². The first-order valence-electron chi connectivity index (χ1n) is 7.15. The zero-order chi connectivity index (χ0) is 17.9. The number of carbonyl (C=O) groups excluding carboxylic acids is 1. The largest absolute Gasteiger partial charge is 0.494 e. The number of ether oxygens (including phenoxy) is 2. The molecule has 0 radical (unpaired) electrons. The Bertz CT molecular complexity index is 746. The number of nitro groups is 1. The van der Waals surface area contributed by atoms with Crippen LogP contribution in [-0.4, -0.2) is 32.8 Å². The molecule has 0 unspecified atom stereocenters. The van der Waals surface area contributed by atoms with Gasteiger partial charge in [0.15, 0.2) is 6.54 Å². The van der Waals surface area contributed by atoms with Gasteiger partial charge in [-0.05, 0) is 33.0 Å². The van der Waals surface area contributed by atoms with Gasteiger partial charge >= 0.3 is 17.9 Å². The SMILES string of the molecule is COC(=O)Cn1nc([N+](=O)[O-])nc1Oc1ccc(C(C)(C)C)cc1. The number of aromatic nitrogens is 3. The highest BCUT2D eigenvalue weighted by Crippen LogP contribution is 2.27. The quantitative estimate of drug-likeness (QED) is 0.469. The Labute approximate surface area is 138 Å². The first-order chi connectivity index (χ1) is 11.2. The number of nitrogens with zero attached hydrogens (tertiary/aromatic N) is 4. The van der Waals surface area contributed by atoms with E-state index in [4.69, 9.17) is 4.74 Å². The van der Waals surface area contributed by atoms with Crippen LogP contribution in [0.2, 0.25) is 0 Å². The van der Waals surface area contributed by atoms with Crippen LogP contribution in [0.5, 0.6) is 11.8 Å². The van der Waals surface area contributed by atoms with Gasteiger partial charge in [0, 0.05) is 5.10 Å². The highest BCUT2D eigenvalue weighted by Gasteiger charge is 2.25. The van der Waals surface area contributed by atoms with Crippen molar-refractivity contribution in [3.05, 3.63) is 39.9 Å². The van der Waals surface area contributed by atoms with Crippen molar-refractivity contribution in [3.8, 4) is 11.8 Å². The van der Waals surface area contributed by atoms with E-state index >= 15 is 0 Å². The Morgan fingerprint density at radius 1 is 1.29 bits per heavy atom. The fourth-order valence-electron chi connectivity index (χ4n) is 1.89. The molecule has 128 valence electrons. The fraction of sp³-hybridized carbons (Fsp3) is 0.400. The van der Waals surface area contributed by atoms with E-state index in [9.17, 15) is 14.9 Å². The van der Waals surface area contributed by atoms with E-state index in [1.165, 1.54) is 7.11 Å². The van der Waals surface area contributed by atoms with E-state index in [2.05, 4.69) is 35.6 Å². The summed E-state index contributed by atoms with van der Waals surface area (Å²) in [6, 6.07) is 7.08. The van der Waals surface area contributed by atoms with E-state index in [-0.39, 0.29) is 18.0 Å².